The zero-order valence-electron chi connectivity index (χ0n) is 16.6. The summed E-state index contributed by atoms with van der Waals surface area (Å²) in [4.78, 5) is 12.3. The maximum atomic E-state index is 12.7. The highest BCUT2D eigenvalue weighted by Crippen LogP contribution is 2.25. The maximum Gasteiger partial charge on any atom is 0.573 e. The minimum Gasteiger partial charge on any atom is -0.406 e. The summed E-state index contributed by atoms with van der Waals surface area (Å²) >= 11 is 0. The summed E-state index contributed by atoms with van der Waals surface area (Å²) in [6, 6.07) is 19.3. The van der Waals surface area contributed by atoms with Crippen LogP contribution in [0.4, 0.5) is 18.9 Å². The summed E-state index contributed by atoms with van der Waals surface area (Å²) in [6.45, 7) is 0.352. The Balaban J connectivity index is 1.70. The monoisotopic (exact) mass is 464 g/mol. The molecule has 0 spiro atoms. The number of hydrogen-bond acceptors (Lipinski definition) is 4. The zero-order valence-corrected chi connectivity index (χ0v) is 17.4. The van der Waals surface area contributed by atoms with Crippen LogP contribution in [-0.2, 0) is 16.4 Å². The van der Waals surface area contributed by atoms with Crippen molar-refractivity contribution in [2.24, 2.45) is 0 Å². The molecule has 6 nitrogen and oxygen atoms in total. The van der Waals surface area contributed by atoms with Crippen molar-refractivity contribution in [1.82, 2.24) is 5.32 Å². The number of hydrogen-bond donors (Lipinski definition) is 2. The van der Waals surface area contributed by atoms with Gasteiger partial charge in [0.05, 0.1) is 16.1 Å². The first-order chi connectivity index (χ1) is 15.1. The number of alkyl halides is 3. The largest absolute Gasteiger partial charge is 0.573 e. The van der Waals surface area contributed by atoms with Gasteiger partial charge < -0.3 is 10.1 Å². The predicted molar refractivity (Wildman–Crippen MR) is 113 cm³/mol. The number of anilines is 1. The number of carbonyl (C=O) groups is 1. The van der Waals surface area contributed by atoms with Crippen LogP contribution in [-0.4, -0.2) is 27.2 Å². The Bertz CT molecular complexity index is 1170. The number of halogens is 3. The summed E-state index contributed by atoms with van der Waals surface area (Å²) in [7, 11) is -4.16. The van der Waals surface area contributed by atoms with Crippen molar-refractivity contribution in [2.45, 2.75) is 17.7 Å². The topological polar surface area (TPSA) is 84.5 Å². The fourth-order valence-corrected chi connectivity index (χ4v) is 3.93. The Labute approximate surface area is 183 Å². The van der Waals surface area contributed by atoms with Crippen molar-refractivity contribution in [2.75, 3.05) is 11.3 Å². The van der Waals surface area contributed by atoms with E-state index in [0.717, 1.165) is 29.8 Å². The molecule has 0 saturated carbocycles. The summed E-state index contributed by atoms with van der Waals surface area (Å²) in [5, 5.41) is 2.75. The van der Waals surface area contributed by atoms with Gasteiger partial charge in [0.2, 0.25) is 0 Å². The van der Waals surface area contributed by atoms with E-state index in [0.29, 0.717) is 13.0 Å². The Morgan fingerprint density at radius 2 is 1.50 bits per heavy atom. The third-order valence-electron chi connectivity index (χ3n) is 4.33. The van der Waals surface area contributed by atoms with Crippen molar-refractivity contribution in [3.05, 3.63) is 90.0 Å². The van der Waals surface area contributed by atoms with Crippen LogP contribution in [0.25, 0.3) is 0 Å². The number of amides is 1. The molecule has 0 radical (unpaired) electrons. The van der Waals surface area contributed by atoms with Crippen LogP contribution in [0.1, 0.15) is 15.9 Å². The van der Waals surface area contributed by atoms with E-state index in [1.165, 1.54) is 12.1 Å². The fraction of sp³-hybridized carbons (Fsp3) is 0.136. The average molecular weight is 464 g/mol. The second-order valence-corrected chi connectivity index (χ2v) is 8.34. The smallest absolute Gasteiger partial charge is 0.406 e. The molecule has 168 valence electrons. The molecular weight excluding hydrogens is 445 g/mol. The predicted octanol–water partition coefficient (Wildman–Crippen LogP) is 4.36. The molecule has 3 rings (SSSR count). The molecule has 0 heterocycles. The molecule has 0 aliphatic carbocycles. The van der Waals surface area contributed by atoms with Gasteiger partial charge in [0.1, 0.15) is 5.75 Å². The first-order valence-corrected chi connectivity index (χ1v) is 10.9. The van der Waals surface area contributed by atoms with E-state index in [-0.39, 0.29) is 16.1 Å². The summed E-state index contributed by atoms with van der Waals surface area (Å²) in [6.07, 6.45) is -4.28. The number of ether oxygens (including phenoxy) is 1. The first kappa shape index (κ1) is 23.1. The molecule has 3 aromatic carbocycles. The number of benzene rings is 3. The standard InChI is InChI=1S/C22H19F3N2O4S/c23-22(24,25)31-17-10-12-18(13-11-17)32(29,30)27-20-9-5-4-8-19(20)21(28)26-15-14-16-6-2-1-3-7-16/h1-13,27H,14-15H2,(H,26,28). The van der Waals surface area contributed by atoms with Gasteiger partial charge in [-0.3, -0.25) is 9.52 Å². The van der Waals surface area contributed by atoms with Crippen LogP contribution in [0, 0.1) is 0 Å². The lowest BCUT2D eigenvalue weighted by Gasteiger charge is -2.13. The lowest BCUT2D eigenvalue weighted by atomic mass is 10.1. The van der Waals surface area contributed by atoms with Crippen molar-refractivity contribution >= 4 is 21.6 Å². The van der Waals surface area contributed by atoms with Crippen molar-refractivity contribution in [1.29, 1.82) is 0 Å². The van der Waals surface area contributed by atoms with Crippen LogP contribution in [0.3, 0.4) is 0 Å². The van der Waals surface area contributed by atoms with Gasteiger partial charge in [-0.15, -0.1) is 13.2 Å². The van der Waals surface area contributed by atoms with E-state index in [4.69, 9.17) is 0 Å². The molecule has 0 aliphatic heterocycles. The molecule has 0 fully saturated rings. The van der Waals surface area contributed by atoms with E-state index >= 15 is 0 Å². The second kappa shape index (κ2) is 9.73. The first-order valence-electron chi connectivity index (χ1n) is 9.44. The van der Waals surface area contributed by atoms with Gasteiger partial charge in [0, 0.05) is 6.54 Å². The molecule has 1 amide bonds. The van der Waals surface area contributed by atoms with Crippen LogP contribution in [0.15, 0.2) is 83.8 Å². The molecule has 3 aromatic rings. The Kier molecular flexibility index (Phi) is 7.04. The lowest BCUT2D eigenvalue weighted by molar-refractivity contribution is -0.274. The molecule has 0 saturated heterocycles. The molecule has 0 atom stereocenters. The third-order valence-corrected chi connectivity index (χ3v) is 5.71. The minimum absolute atomic E-state index is 0.0420. The number of rotatable bonds is 8. The molecule has 32 heavy (non-hydrogen) atoms. The molecule has 0 aromatic heterocycles. The minimum atomic E-state index is -4.88. The van der Waals surface area contributed by atoms with Gasteiger partial charge in [-0.25, -0.2) is 8.42 Å². The number of carbonyl (C=O) groups excluding carboxylic acids is 1. The highest BCUT2D eigenvalue weighted by Gasteiger charge is 2.31. The second-order valence-electron chi connectivity index (χ2n) is 6.66. The van der Waals surface area contributed by atoms with E-state index in [1.807, 2.05) is 30.3 Å². The highest BCUT2D eigenvalue weighted by atomic mass is 32.2. The number of nitrogens with one attached hydrogen (secondary N) is 2. The summed E-state index contributed by atoms with van der Waals surface area (Å²) < 4.78 is 68.2. The van der Waals surface area contributed by atoms with Gasteiger partial charge in [0.25, 0.3) is 15.9 Å². The summed E-state index contributed by atoms with van der Waals surface area (Å²) in [5.41, 5.74) is 1.20. The molecular formula is C22H19F3N2O4S. The normalized spacial score (nSPS) is 11.6. The lowest BCUT2D eigenvalue weighted by Crippen LogP contribution is -2.27. The van der Waals surface area contributed by atoms with Gasteiger partial charge in [0.15, 0.2) is 0 Å². The van der Waals surface area contributed by atoms with Crippen molar-refractivity contribution in [3.8, 4) is 5.75 Å². The average Bonchev–Trinajstić information content (AvgIpc) is 2.74. The molecule has 0 bridgehead atoms. The van der Waals surface area contributed by atoms with Crippen molar-refractivity contribution < 1.29 is 31.1 Å². The van der Waals surface area contributed by atoms with E-state index in [9.17, 15) is 26.4 Å². The van der Waals surface area contributed by atoms with Gasteiger partial charge in [-0.05, 0) is 48.4 Å². The zero-order chi connectivity index (χ0) is 23.2. The molecule has 10 heteroatoms. The van der Waals surface area contributed by atoms with Crippen LogP contribution in [0.5, 0.6) is 5.75 Å². The quantitative estimate of drug-likeness (QED) is 0.519. The van der Waals surface area contributed by atoms with Gasteiger partial charge in [-0.2, -0.15) is 0 Å². The van der Waals surface area contributed by atoms with Crippen molar-refractivity contribution in [3.63, 3.8) is 0 Å². The van der Waals surface area contributed by atoms with Gasteiger partial charge in [-0.1, -0.05) is 42.5 Å². The maximum absolute atomic E-state index is 12.7. The Hall–Kier alpha value is -3.53. The van der Waals surface area contributed by atoms with E-state index < -0.39 is 28.0 Å². The highest BCUT2D eigenvalue weighted by molar-refractivity contribution is 7.92. The fourth-order valence-electron chi connectivity index (χ4n) is 2.85. The van der Waals surface area contributed by atoms with E-state index in [2.05, 4.69) is 14.8 Å². The van der Waals surface area contributed by atoms with Gasteiger partial charge >= 0.3 is 6.36 Å². The Morgan fingerprint density at radius 3 is 2.16 bits per heavy atom. The molecule has 0 unspecified atom stereocenters. The van der Waals surface area contributed by atoms with E-state index in [1.54, 1.807) is 12.1 Å². The summed E-state index contributed by atoms with van der Waals surface area (Å²) in [5.74, 6) is -1.01. The molecule has 0 aliphatic rings. The third kappa shape index (κ3) is 6.48. The SMILES string of the molecule is O=C(NCCc1ccccc1)c1ccccc1NS(=O)(=O)c1ccc(OC(F)(F)F)cc1. The molecule has 2 N–H and O–H groups in total. The Morgan fingerprint density at radius 1 is 0.875 bits per heavy atom. The van der Waals surface area contributed by atoms with Crippen LogP contribution < -0.4 is 14.8 Å². The number of sulfonamides is 1. The van der Waals surface area contributed by atoms with Crippen LogP contribution >= 0.6 is 0 Å². The van der Waals surface area contributed by atoms with Crippen LogP contribution in [0.2, 0.25) is 0 Å². The number of para-hydroxylation sites is 1.